The predicted molar refractivity (Wildman–Crippen MR) is 106 cm³/mol. The van der Waals surface area contributed by atoms with Gasteiger partial charge < -0.3 is 5.32 Å². The summed E-state index contributed by atoms with van der Waals surface area (Å²) in [6.45, 7) is 6.22. The van der Waals surface area contributed by atoms with E-state index >= 15 is 0 Å². The number of benzene rings is 2. The molecule has 0 aliphatic heterocycles. The van der Waals surface area contributed by atoms with E-state index in [9.17, 15) is 13.2 Å². The zero-order chi connectivity index (χ0) is 19.5. The molecule has 2 aromatic rings. The maximum Gasteiger partial charge on any atom is 0.261 e. The highest BCUT2D eigenvalue weighted by Crippen LogP contribution is 2.28. The summed E-state index contributed by atoms with van der Waals surface area (Å²) in [5, 5.41) is 3.37. The minimum atomic E-state index is -3.93. The van der Waals surface area contributed by atoms with E-state index in [2.05, 4.69) is 10.0 Å². The molecule has 2 N–H and O–H groups in total. The van der Waals surface area contributed by atoms with Crippen LogP contribution < -0.4 is 10.0 Å². The third-order valence-corrected chi connectivity index (χ3v) is 5.54. The Morgan fingerprint density at radius 2 is 1.81 bits per heavy atom. The lowest BCUT2D eigenvalue weighted by molar-refractivity contribution is 0.0948. The fourth-order valence-corrected chi connectivity index (χ4v) is 3.67. The molecule has 0 fully saturated rings. The summed E-state index contributed by atoms with van der Waals surface area (Å²) < 4.78 is 27.7. The first-order valence-electron chi connectivity index (χ1n) is 7.97. The van der Waals surface area contributed by atoms with Gasteiger partial charge in [0.25, 0.3) is 15.9 Å². The summed E-state index contributed by atoms with van der Waals surface area (Å²) in [4.78, 5) is 12.3. The van der Waals surface area contributed by atoms with Gasteiger partial charge in [-0.05, 0) is 48.7 Å². The number of carbonyl (C=O) groups is 1. The average Bonchev–Trinajstić information content (AvgIpc) is 2.56. The van der Waals surface area contributed by atoms with Gasteiger partial charge in [0, 0.05) is 17.1 Å². The molecule has 26 heavy (non-hydrogen) atoms. The van der Waals surface area contributed by atoms with Crippen molar-refractivity contribution in [1.82, 2.24) is 5.32 Å². The molecule has 0 saturated heterocycles. The van der Waals surface area contributed by atoms with Gasteiger partial charge in [0.2, 0.25) is 0 Å². The van der Waals surface area contributed by atoms with E-state index < -0.39 is 10.0 Å². The van der Waals surface area contributed by atoms with E-state index in [0.29, 0.717) is 22.7 Å². The third kappa shape index (κ3) is 5.13. The van der Waals surface area contributed by atoms with Crippen LogP contribution in [0.4, 0.5) is 5.69 Å². The molecule has 0 heterocycles. The first kappa shape index (κ1) is 20.6. The smallest absolute Gasteiger partial charge is 0.261 e. The van der Waals surface area contributed by atoms with Gasteiger partial charge in [-0.25, -0.2) is 8.42 Å². The largest absolute Gasteiger partial charge is 0.352 e. The summed E-state index contributed by atoms with van der Waals surface area (Å²) >= 11 is 11.9. The molecule has 0 saturated carbocycles. The van der Waals surface area contributed by atoms with E-state index in [-0.39, 0.29) is 27.4 Å². The Hall–Kier alpha value is -1.76. The van der Waals surface area contributed by atoms with Gasteiger partial charge in [-0.2, -0.15) is 0 Å². The van der Waals surface area contributed by atoms with Crippen molar-refractivity contribution in [3.63, 3.8) is 0 Å². The molecular weight excluding hydrogens is 395 g/mol. The van der Waals surface area contributed by atoms with Crippen LogP contribution in [0.1, 0.15) is 29.8 Å². The Morgan fingerprint density at radius 3 is 2.46 bits per heavy atom. The van der Waals surface area contributed by atoms with Crippen molar-refractivity contribution in [2.24, 2.45) is 5.92 Å². The average molecular weight is 415 g/mol. The van der Waals surface area contributed by atoms with Crippen molar-refractivity contribution < 1.29 is 13.2 Å². The normalized spacial score (nSPS) is 11.5. The van der Waals surface area contributed by atoms with E-state index in [1.807, 2.05) is 13.8 Å². The minimum absolute atomic E-state index is 0.0335. The van der Waals surface area contributed by atoms with Crippen molar-refractivity contribution in [1.29, 1.82) is 0 Å². The lowest BCUT2D eigenvalue weighted by atomic mass is 10.1. The fourth-order valence-electron chi connectivity index (χ4n) is 2.18. The summed E-state index contributed by atoms with van der Waals surface area (Å²) in [7, 11) is -3.93. The van der Waals surface area contributed by atoms with Crippen LogP contribution in [-0.2, 0) is 10.0 Å². The molecule has 5 nitrogen and oxygen atoms in total. The van der Waals surface area contributed by atoms with Gasteiger partial charge in [-0.3, -0.25) is 9.52 Å². The quantitative estimate of drug-likeness (QED) is 0.730. The molecule has 0 aromatic heterocycles. The SMILES string of the molecule is Cc1ccc(S(=O)(=O)Nc2cc(Cl)ccc2Cl)cc1C(=O)NCC(C)C. The topological polar surface area (TPSA) is 75.3 Å². The molecule has 1 amide bonds. The Labute approximate surface area is 163 Å². The Kier molecular flexibility index (Phi) is 6.55. The van der Waals surface area contributed by atoms with Crippen molar-refractivity contribution in [3.8, 4) is 0 Å². The van der Waals surface area contributed by atoms with Gasteiger partial charge in [0.05, 0.1) is 15.6 Å². The summed E-state index contributed by atoms with van der Waals surface area (Å²) in [6.07, 6.45) is 0. The van der Waals surface area contributed by atoms with Crippen LogP contribution in [0.2, 0.25) is 10.0 Å². The Bertz CT molecular complexity index is 928. The van der Waals surface area contributed by atoms with Crippen molar-refractivity contribution >= 4 is 44.8 Å². The highest BCUT2D eigenvalue weighted by molar-refractivity contribution is 7.92. The van der Waals surface area contributed by atoms with Crippen LogP contribution in [0.15, 0.2) is 41.3 Å². The maximum atomic E-state index is 12.7. The lowest BCUT2D eigenvalue weighted by Gasteiger charge is -2.13. The molecule has 140 valence electrons. The second-order valence-electron chi connectivity index (χ2n) is 6.31. The molecule has 2 aromatic carbocycles. The lowest BCUT2D eigenvalue weighted by Crippen LogP contribution is -2.28. The summed E-state index contributed by atoms with van der Waals surface area (Å²) in [6, 6.07) is 8.87. The number of aryl methyl sites for hydroxylation is 1. The van der Waals surface area contributed by atoms with Crippen molar-refractivity contribution in [2.75, 3.05) is 11.3 Å². The number of hydrogen-bond acceptors (Lipinski definition) is 3. The number of hydrogen-bond donors (Lipinski definition) is 2. The van der Waals surface area contributed by atoms with Gasteiger partial charge >= 0.3 is 0 Å². The number of amides is 1. The van der Waals surface area contributed by atoms with E-state index in [0.717, 1.165) is 0 Å². The molecule has 0 aliphatic rings. The molecule has 0 radical (unpaired) electrons. The minimum Gasteiger partial charge on any atom is -0.352 e. The van der Waals surface area contributed by atoms with Gasteiger partial charge in [0.1, 0.15) is 0 Å². The number of anilines is 1. The van der Waals surface area contributed by atoms with Gasteiger partial charge in [0.15, 0.2) is 0 Å². The maximum absolute atomic E-state index is 12.7. The van der Waals surface area contributed by atoms with Crippen LogP contribution in [-0.4, -0.2) is 20.9 Å². The zero-order valence-corrected chi connectivity index (χ0v) is 17.0. The number of rotatable bonds is 6. The Morgan fingerprint density at radius 1 is 1.12 bits per heavy atom. The second kappa shape index (κ2) is 8.29. The monoisotopic (exact) mass is 414 g/mol. The first-order chi connectivity index (χ1) is 12.1. The van der Waals surface area contributed by atoms with Crippen LogP contribution in [0.25, 0.3) is 0 Å². The number of nitrogens with one attached hydrogen (secondary N) is 2. The first-order valence-corrected chi connectivity index (χ1v) is 10.2. The number of sulfonamides is 1. The fraction of sp³-hybridized carbons (Fsp3) is 0.278. The predicted octanol–water partition coefficient (Wildman–Crippen LogP) is 4.49. The van der Waals surface area contributed by atoms with E-state index in [1.165, 1.54) is 24.3 Å². The van der Waals surface area contributed by atoms with Crippen LogP contribution in [0.5, 0.6) is 0 Å². The molecule has 0 unspecified atom stereocenters. The molecule has 2 rings (SSSR count). The van der Waals surface area contributed by atoms with Crippen LogP contribution >= 0.6 is 23.2 Å². The highest BCUT2D eigenvalue weighted by atomic mass is 35.5. The summed E-state index contributed by atoms with van der Waals surface area (Å²) in [5.41, 5.74) is 1.17. The Balaban J connectivity index is 2.33. The molecule has 0 bridgehead atoms. The third-order valence-electron chi connectivity index (χ3n) is 3.61. The van der Waals surface area contributed by atoms with Crippen molar-refractivity contribution in [2.45, 2.75) is 25.7 Å². The van der Waals surface area contributed by atoms with Gasteiger partial charge in [-0.1, -0.05) is 43.1 Å². The number of halogens is 2. The number of carbonyl (C=O) groups excluding carboxylic acids is 1. The van der Waals surface area contributed by atoms with Crippen molar-refractivity contribution in [3.05, 3.63) is 57.6 Å². The van der Waals surface area contributed by atoms with Crippen LogP contribution in [0, 0.1) is 12.8 Å². The second-order valence-corrected chi connectivity index (χ2v) is 8.84. The molecule has 0 atom stereocenters. The molecule has 0 aliphatic carbocycles. The van der Waals surface area contributed by atoms with Crippen LogP contribution in [0.3, 0.4) is 0 Å². The zero-order valence-electron chi connectivity index (χ0n) is 14.6. The molecule has 0 spiro atoms. The summed E-state index contributed by atoms with van der Waals surface area (Å²) in [5.74, 6) is -0.0214. The van der Waals surface area contributed by atoms with E-state index in [4.69, 9.17) is 23.2 Å². The highest BCUT2D eigenvalue weighted by Gasteiger charge is 2.19. The molecule has 8 heteroatoms. The molecular formula is C18H20Cl2N2O3S. The standard InChI is InChI=1S/C18H20Cl2N2O3S/c1-11(2)10-21-18(23)15-9-14(6-4-12(15)3)26(24,25)22-17-8-13(19)5-7-16(17)20/h4-9,11,22H,10H2,1-3H3,(H,21,23). The van der Waals surface area contributed by atoms with Gasteiger partial charge in [-0.15, -0.1) is 0 Å². The van der Waals surface area contributed by atoms with E-state index in [1.54, 1.807) is 19.1 Å².